The van der Waals surface area contributed by atoms with Gasteiger partial charge in [0, 0.05) is 35.6 Å². The third kappa shape index (κ3) is 5.02. The number of benzene rings is 1. The Morgan fingerprint density at radius 1 is 1.25 bits per heavy atom. The first-order valence-electron chi connectivity index (χ1n) is 11.0. The average Bonchev–Trinajstić information content (AvgIpc) is 3.34. The van der Waals surface area contributed by atoms with Gasteiger partial charge >= 0.3 is 0 Å². The summed E-state index contributed by atoms with van der Waals surface area (Å²) in [6.07, 6.45) is 6.14. The van der Waals surface area contributed by atoms with Gasteiger partial charge < -0.3 is 19.8 Å². The van der Waals surface area contributed by atoms with E-state index in [1.54, 1.807) is 6.07 Å². The van der Waals surface area contributed by atoms with Crippen molar-refractivity contribution in [2.24, 2.45) is 0 Å². The maximum absolute atomic E-state index is 13.6. The highest BCUT2D eigenvalue weighted by Gasteiger charge is 2.26. The molecular formula is C24H27FN2O4S. The standard InChI is InChI=1S/C24H27FN2O4S/c1-2-30-11-5-10-26-23(29)22-17-6-3-4-7-20(17)32-24(22)27-21(28)12-15-14-31-19-9-8-16(25)13-18(15)19/h8-9,13-14H,2-7,10-12H2,1H3,(H,26,29)(H,27,28). The van der Waals surface area contributed by atoms with Crippen LogP contribution in [-0.2, 0) is 28.8 Å². The Hall–Kier alpha value is -2.71. The minimum atomic E-state index is -0.380. The summed E-state index contributed by atoms with van der Waals surface area (Å²) < 4.78 is 24.4. The van der Waals surface area contributed by atoms with Gasteiger partial charge in [0.2, 0.25) is 5.91 Å². The van der Waals surface area contributed by atoms with Crippen molar-refractivity contribution in [1.82, 2.24) is 5.32 Å². The maximum Gasteiger partial charge on any atom is 0.254 e. The fourth-order valence-electron chi connectivity index (χ4n) is 4.04. The number of anilines is 1. The van der Waals surface area contributed by atoms with E-state index in [4.69, 9.17) is 9.15 Å². The van der Waals surface area contributed by atoms with Gasteiger partial charge in [0.05, 0.1) is 18.2 Å². The van der Waals surface area contributed by atoms with E-state index in [0.717, 1.165) is 37.7 Å². The van der Waals surface area contributed by atoms with E-state index >= 15 is 0 Å². The van der Waals surface area contributed by atoms with Crippen molar-refractivity contribution in [3.05, 3.63) is 51.8 Å². The third-order valence-corrected chi connectivity index (χ3v) is 6.78. The Morgan fingerprint density at radius 2 is 2.09 bits per heavy atom. The fourth-order valence-corrected chi connectivity index (χ4v) is 5.34. The van der Waals surface area contributed by atoms with Crippen LogP contribution in [0.2, 0.25) is 0 Å². The number of nitrogens with one attached hydrogen (secondary N) is 2. The predicted molar refractivity (Wildman–Crippen MR) is 123 cm³/mol. The third-order valence-electron chi connectivity index (χ3n) is 5.57. The van der Waals surface area contributed by atoms with Crippen LogP contribution in [0.25, 0.3) is 11.0 Å². The average molecular weight is 459 g/mol. The van der Waals surface area contributed by atoms with Crippen molar-refractivity contribution < 1.29 is 23.1 Å². The molecule has 1 aliphatic rings. The number of hydrogen-bond donors (Lipinski definition) is 2. The zero-order valence-corrected chi connectivity index (χ0v) is 18.9. The zero-order valence-electron chi connectivity index (χ0n) is 18.1. The first kappa shape index (κ1) is 22.5. The zero-order chi connectivity index (χ0) is 22.5. The normalized spacial score (nSPS) is 13.2. The van der Waals surface area contributed by atoms with Crippen LogP contribution >= 0.6 is 11.3 Å². The Balaban J connectivity index is 1.49. The Bertz CT molecular complexity index is 1120. The van der Waals surface area contributed by atoms with Gasteiger partial charge in [-0.05, 0) is 62.8 Å². The molecule has 0 saturated heterocycles. The fraction of sp³-hybridized carbons (Fsp3) is 0.417. The van der Waals surface area contributed by atoms with Crippen LogP contribution in [0.1, 0.15) is 52.5 Å². The van der Waals surface area contributed by atoms with Crippen LogP contribution < -0.4 is 10.6 Å². The molecule has 0 saturated carbocycles. The molecule has 0 spiro atoms. The molecule has 2 aromatic heterocycles. The minimum absolute atomic E-state index is 0.0361. The molecule has 1 aliphatic carbocycles. The van der Waals surface area contributed by atoms with Crippen molar-refractivity contribution >= 4 is 39.1 Å². The van der Waals surface area contributed by atoms with Crippen molar-refractivity contribution in [2.75, 3.05) is 25.1 Å². The number of fused-ring (bicyclic) bond motifs is 2. The lowest BCUT2D eigenvalue weighted by Gasteiger charge is -2.13. The van der Waals surface area contributed by atoms with Gasteiger partial charge in [-0.15, -0.1) is 11.3 Å². The van der Waals surface area contributed by atoms with E-state index in [-0.39, 0.29) is 24.1 Å². The van der Waals surface area contributed by atoms with E-state index in [9.17, 15) is 14.0 Å². The molecule has 170 valence electrons. The lowest BCUT2D eigenvalue weighted by atomic mass is 9.95. The number of carbonyl (C=O) groups excluding carboxylic acids is 2. The number of hydrogen-bond acceptors (Lipinski definition) is 5. The second kappa shape index (κ2) is 10.3. The molecule has 4 rings (SSSR count). The Labute approximate surface area is 190 Å². The van der Waals surface area contributed by atoms with E-state index < -0.39 is 0 Å². The van der Waals surface area contributed by atoms with Crippen LogP contribution in [0.5, 0.6) is 0 Å². The summed E-state index contributed by atoms with van der Waals surface area (Å²) >= 11 is 1.48. The molecule has 0 radical (unpaired) electrons. The van der Waals surface area contributed by atoms with E-state index in [0.29, 0.717) is 46.9 Å². The first-order valence-corrected chi connectivity index (χ1v) is 11.8. The molecule has 0 fully saturated rings. The molecule has 0 unspecified atom stereocenters. The van der Waals surface area contributed by atoms with Crippen molar-refractivity contribution in [3.63, 3.8) is 0 Å². The number of aryl methyl sites for hydroxylation is 1. The highest BCUT2D eigenvalue weighted by Crippen LogP contribution is 2.38. The molecule has 0 aliphatic heterocycles. The van der Waals surface area contributed by atoms with Gasteiger partial charge in [-0.1, -0.05) is 0 Å². The van der Waals surface area contributed by atoms with Gasteiger partial charge in [-0.3, -0.25) is 9.59 Å². The Kier molecular flexibility index (Phi) is 7.22. The molecule has 32 heavy (non-hydrogen) atoms. The summed E-state index contributed by atoms with van der Waals surface area (Å²) in [5.74, 6) is -0.803. The summed E-state index contributed by atoms with van der Waals surface area (Å²) in [4.78, 5) is 27.0. The molecule has 8 heteroatoms. The maximum atomic E-state index is 13.6. The molecule has 2 N–H and O–H groups in total. The van der Waals surface area contributed by atoms with E-state index in [1.165, 1.54) is 34.6 Å². The summed E-state index contributed by atoms with van der Waals surface area (Å²) in [5, 5.41) is 7.07. The van der Waals surface area contributed by atoms with Gasteiger partial charge in [0.1, 0.15) is 16.4 Å². The number of halogens is 1. The second-order valence-corrected chi connectivity index (χ2v) is 8.95. The van der Waals surface area contributed by atoms with Gasteiger partial charge in [0.15, 0.2) is 0 Å². The number of ether oxygens (including phenoxy) is 1. The van der Waals surface area contributed by atoms with Crippen LogP contribution in [0.15, 0.2) is 28.9 Å². The largest absolute Gasteiger partial charge is 0.464 e. The second-order valence-electron chi connectivity index (χ2n) is 7.85. The van der Waals surface area contributed by atoms with Crippen LogP contribution in [0.3, 0.4) is 0 Å². The minimum Gasteiger partial charge on any atom is -0.464 e. The predicted octanol–water partition coefficient (Wildman–Crippen LogP) is 4.85. The number of rotatable bonds is 9. The smallest absolute Gasteiger partial charge is 0.254 e. The van der Waals surface area contributed by atoms with Crippen molar-refractivity contribution in [1.29, 1.82) is 0 Å². The lowest BCUT2D eigenvalue weighted by molar-refractivity contribution is -0.115. The highest BCUT2D eigenvalue weighted by atomic mass is 32.1. The van der Waals surface area contributed by atoms with Crippen LogP contribution in [0, 0.1) is 5.82 Å². The molecule has 0 bridgehead atoms. The Morgan fingerprint density at radius 3 is 2.94 bits per heavy atom. The summed E-state index contributed by atoms with van der Waals surface area (Å²) in [7, 11) is 0. The van der Waals surface area contributed by atoms with Gasteiger partial charge in [-0.2, -0.15) is 0 Å². The molecule has 0 atom stereocenters. The quantitative estimate of drug-likeness (QED) is 0.449. The number of amides is 2. The van der Waals surface area contributed by atoms with Crippen molar-refractivity contribution in [2.45, 2.75) is 45.4 Å². The van der Waals surface area contributed by atoms with Crippen molar-refractivity contribution in [3.8, 4) is 0 Å². The molecule has 3 aromatic rings. The summed E-state index contributed by atoms with van der Waals surface area (Å²) in [5.41, 5.74) is 2.78. The molecule has 1 aromatic carbocycles. The molecule has 6 nitrogen and oxygen atoms in total. The number of furan rings is 1. The number of thiophene rings is 1. The lowest BCUT2D eigenvalue weighted by Crippen LogP contribution is -2.27. The van der Waals surface area contributed by atoms with Crippen LogP contribution in [-0.4, -0.2) is 31.6 Å². The summed E-state index contributed by atoms with van der Waals surface area (Å²) in [6, 6.07) is 4.24. The van der Waals surface area contributed by atoms with Gasteiger partial charge in [-0.25, -0.2) is 4.39 Å². The summed E-state index contributed by atoms with van der Waals surface area (Å²) in [6.45, 7) is 3.71. The van der Waals surface area contributed by atoms with Crippen LogP contribution in [0.4, 0.5) is 9.39 Å². The van der Waals surface area contributed by atoms with Gasteiger partial charge in [0.25, 0.3) is 5.91 Å². The molecular weight excluding hydrogens is 431 g/mol. The van der Waals surface area contributed by atoms with E-state index in [1.807, 2.05) is 6.92 Å². The SMILES string of the molecule is CCOCCCNC(=O)c1c(NC(=O)Cc2coc3ccc(F)cc23)sc2c1CCCC2. The topological polar surface area (TPSA) is 80.6 Å². The highest BCUT2D eigenvalue weighted by molar-refractivity contribution is 7.17. The van der Waals surface area contributed by atoms with E-state index in [2.05, 4.69) is 10.6 Å². The molecule has 2 amide bonds. The number of carbonyl (C=O) groups is 2. The first-order chi connectivity index (χ1) is 15.6. The molecule has 2 heterocycles. The monoisotopic (exact) mass is 458 g/mol.